The Labute approximate surface area is 121 Å². The first-order valence-electron chi connectivity index (χ1n) is 6.14. The quantitative estimate of drug-likeness (QED) is 0.906. The molecule has 1 aromatic heterocycles. The van der Waals surface area contributed by atoms with Gasteiger partial charge in [0, 0.05) is 17.1 Å². The van der Waals surface area contributed by atoms with Crippen molar-refractivity contribution >= 4 is 28.3 Å². The van der Waals surface area contributed by atoms with E-state index >= 15 is 0 Å². The van der Waals surface area contributed by atoms with Gasteiger partial charge in [-0.3, -0.25) is 9.59 Å². The molecule has 2 rings (SSSR count). The molecule has 0 unspecified atom stereocenters. The number of carbonyl (C=O) groups is 2. The van der Waals surface area contributed by atoms with Gasteiger partial charge in [0.2, 0.25) is 5.91 Å². The molecular formula is C14H15N3O2S. The monoisotopic (exact) mass is 289 g/mol. The zero-order chi connectivity index (χ0) is 14.5. The number of benzene rings is 1. The van der Waals surface area contributed by atoms with Gasteiger partial charge in [-0.25, -0.2) is 4.98 Å². The molecule has 0 spiro atoms. The minimum absolute atomic E-state index is 0.268. The molecule has 0 bridgehead atoms. The first kappa shape index (κ1) is 14.2. The van der Waals surface area contributed by atoms with Crippen LogP contribution >= 0.6 is 11.3 Å². The lowest BCUT2D eigenvalue weighted by Crippen LogP contribution is -2.41. The zero-order valence-corrected chi connectivity index (χ0v) is 12.0. The molecule has 0 aliphatic heterocycles. The highest BCUT2D eigenvalue weighted by Crippen LogP contribution is 2.10. The molecule has 20 heavy (non-hydrogen) atoms. The van der Waals surface area contributed by atoms with Crippen LogP contribution in [0.2, 0.25) is 0 Å². The Kier molecular flexibility index (Phi) is 4.47. The summed E-state index contributed by atoms with van der Waals surface area (Å²) in [5.74, 6) is -0.559. The van der Waals surface area contributed by atoms with Gasteiger partial charge in [-0.2, -0.15) is 0 Å². The standard InChI is InChI=1S/C14H15N3O2S/c1-9-4-3-5-11(8-9)13(19)16-10(2)12(18)17-14-15-6-7-20-14/h3-8,10H,1-2H3,(H,16,19)(H,15,17,18)/t10-/m0/s1. The molecule has 0 saturated heterocycles. The smallest absolute Gasteiger partial charge is 0.251 e. The molecule has 1 heterocycles. The van der Waals surface area contributed by atoms with Crippen molar-refractivity contribution in [3.8, 4) is 0 Å². The van der Waals surface area contributed by atoms with E-state index in [9.17, 15) is 9.59 Å². The van der Waals surface area contributed by atoms with Gasteiger partial charge < -0.3 is 10.6 Å². The molecule has 0 fully saturated rings. The second-order valence-electron chi connectivity index (χ2n) is 4.39. The van der Waals surface area contributed by atoms with Crippen LogP contribution in [-0.4, -0.2) is 22.8 Å². The van der Waals surface area contributed by atoms with Crippen molar-refractivity contribution in [1.29, 1.82) is 0 Å². The van der Waals surface area contributed by atoms with Gasteiger partial charge in [0.05, 0.1) is 0 Å². The van der Waals surface area contributed by atoms with Crippen LogP contribution in [-0.2, 0) is 4.79 Å². The highest BCUT2D eigenvalue weighted by atomic mass is 32.1. The molecule has 5 nitrogen and oxygen atoms in total. The number of nitrogens with zero attached hydrogens (tertiary/aromatic N) is 1. The Morgan fingerprint density at radius 3 is 2.80 bits per heavy atom. The summed E-state index contributed by atoms with van der Waals surface area (Å²) in [5.41, 5.74) is 1.54. The number of thiazole rings is 1. The first-order valence-corrected chi connectivity index (χ1v) is 7.02. The zero-order valence-electron chi connectivity index (χ0n) is 11.2. The third-order valence-corrected chi connectivity index (χ3v) is 3.37. The average molecular weight is 289 g/mol. The Morgan fingerprint density at radius 2 is 2.15 bits per heavy atom. The van der Waals surface area contributed by atoms with Crippen molar-refractivity contribution in [3.05, 3.63) is 47.0 Å². The number of hydrogen-bond donors (Lipinski definition) is 2. The summed E-state index contributed by atoms with van der Waals surface area (Å²) in [5, 5.41) is 7.59. The molecule has 2 aromatic rings. The molecule has 6 heteroatoms. The van der Waals surface area contributed by atoms with Gasteiger partial charge in [0.15, 0.2) is 5.13 Å². The third kappa shape index (κ3) is 3.64. The first-order chi connectivity index (χ1) is 9.56. The molecule has 2 amide bonds. The topological polar surface area (TPSA) is 71.1 Å². The molecule has 0 aliphatic rings. The van der Waals surface area contributed by atoms with Gasteiger partial charge in [0.25, 0.3) is 5.91 Å². The second-order valence-corrected chi connectivity index (χ2v) is 5.29. The van der Waals surface area contributed by atoms with E-state index in [1.807, 2.05) is 19.1 Å². The van der Waals surface area contributed by atoms with Gasteiger partial charge in [-0.1, -0.05) is 17.7 Å². The fraction of sp³-hybridized carbons (Fsp3) is 0.214. The van der Waals surface area contributed by atoms with E-state index in [2.05, 4.69) is 15.6 Å². The Morgan fingerprint density at radius 1 is 1.35 bits per heavy atom. The highest BCUT2D eigenvalue weighted by molar-refractivity contribution is 7.13. The number of nitrogens with one attached hydrogen (secondary N) is 2. The van der Waals surface area contributed by atoms with Crippen LogP contribution in [0.4, 0.5) is 5.13 Å². The van der Waals surface area contributed by atoms with Crippen LogP contribution in [0.3, 0.4) is 0 Å². The molecule has 0 radical (unpaired) electrons. The average Bonchev–Trinajstić information content (AvgIpc) is 2.91. The Bertz CT molecular complexity index is 611. The minimum atomic E-state index is -0.632. The predicted molar refractivity (Wildman–Crippen MR) is 78.9 cm³/mol. The Balaban J connectivity index is 1.95. The Hall–Kier alpha value is -2.21. The fourth-order valence-corrected chi connectivity index (χ4v) is 2.16. The van der Waals surface area contributed by atoms with E-state index in [0.29, 0.717) is 10.7 Å². The number of rotatable bonds is 4. The largest absolute Gasteiger partial charge is 0.341 e. The fourth-order valence-electron chi connectivity index (χ4n) is 1.63. The van der Waals surface area contributed by atoms with Gasteiger partial charge >= 0.3 is 0 Å². The number of amides is 2. The van der Waals surface area contributed by atoms with E-state index in [-0.39, 0.29) is 11.8 Å². The highest BCUT2D eigenvalue weighted by Gasteiger charge is 2.17. The van der Waals surface area contributed by atoms with E-state index in [1.54, 1.807) is 30.6 Å². The summed E-state index contributed by atoms with van der Waals surface area (Å²) < 4.78 is 0. The van der Waals surface area contributed by atoms with Crippen molar-refractivity contribution in [2.45, 2.75) is 19.9 Å². The number of aryl methyl sites for hydroxylation is 1. The summed E-state index contributed by atoms with van der Waals surface area (Å²) >= 11 is 1.33. The normalized spacial score (nSPS) is 11.7. The maximum absolute atomic E-state index is 12.0. The third-order valence-electron chi connectivity index (χ3n) is 2.68. The molecule has 2 N–H and O–H groups in total. The maximum Gasteiger partial charge on any atom is 0.251 e. The lowest BCUT2D eigenvalue weighted by atomic mass is 10.1. The van der Waals surface area contributed by atoms with E-state index in [4.69, 9.17) is 0 Å². The van der Waals surface area contributed by atoms with Crippen LogP contribution in [0.25, 0.3) is 0 Å². The summed E-state index contributed by atoms with van der Waals surface area (Å²) in [6.45, 7) is 3.55. The van der Waals surface area contributed by atoms with Gasteiger partial charge in [-0.15, -0.1) is 11.3 Å². The second kappa shape index (κ2) is 6.29. The number of aromatic nitrogens is 1. The lowest BCUT2D eigenvalue weighted by Gasteiger charge is -2.13. The molecule has 104 valence electrons. The van der Waals surface area contributed by atoms with E-state index < -0.39 is 6.04 Å². The molecule has 0 aliphatic carbocycles. The molecule has 0 saturated carbocycles. The number of anilines is 1. The van der Waals surface area contributed by atoms with Crippen LogP contribution in [0.15, 0.2) is 35.8 Å². The van der Waals surface area contributed by atoms with E-state index in [0.717, 1.165) is 5.56 Å². The molecular weight excluding hydrogens is 274 g/mol. The molecule has 1 atom stereocenters. The summed E-state index contributed by atoms with van der Waals surface area (Å²) in [6, 6.07) is 6.58. The van der Waals surface area contributed by atoms with Gasteiger partial charge in [-0.05, 0) is 26.0 Å². The van der Waals surface area contributed by atoms with Crippen LogP contribution < -0.4 is 10.6 Å². The number of hydrogen-bond acceptors (Lipinski definition) is 4. The van der Waals surface area contributed by atoms with Crippen LogP contribution in [0.1, 0.15) is 22.8 Å². The summed E-state index contributed by atoms with van der Waals surface area (Å²) in [7, 11) is 0. The van der Waals surface area contributed by atoms with Crippen LogP contribution in [0, 0.1) is 6.92 Å². The predicted octanol–water partition coefficient (Wildman–Crippen LogP) is 2.21. The summed E-state index contributed by atoms with van der Waals surface area (Å²) in [6.07, 6.45) is 1.61. The number of carbonyl (C=O) groups excluding carboxylic acids is 2. The van der Waals surface area contributed by atoms with Gasteiger partial charge in [0.1, 0.15) is 6.04 Å². The minimum Gasteiger partial charge on any atom is -0.341 e. The van der Waals surface area contributed by atoms with Crippen molar-refractivity contribution in [2.75, 3.05) is 5.32 Å². The lowest BCUT2D eigenvalue weighted by molar-refractivity contribution is -0.117. The van der Waals surface area contributed by atoms with Crippen molar-refractivity contribution in [3.63, 3.8) is 0 Å². The van der Waals surface area contributed by atoms with E-state index in [1.165, 1.54) is 11.3 Å². The summed E-state index contributed by atoms with van der Waals surface area (Å²) in [4.78, 5) is 27.9. The molecule has 1 aromatic carbocycles. The van der Waals surface area contributed by atoms with Crippen molar-refractivity contribution in [2.24, 2.45) is 0 Å². The van der Waals surface area contributed by atoms with Crippen LogP contribution in [0.5, 0.6) is 0 Å². The van der Waals surface area contributed by atoms with Crippen molar-refractivity contribution in [1.82, 2.24) is 10.3 Å². The maximum atomic E-state index is 12.0. The van der Waals surface area contributed by atoms with Crippen molar-refractivity contribution < 1.29 is 9.59 Å². The SMILES string of the molecule is Cc1cccc(C(=O)N[C@@H](C)C(=O)Nc2nccs2)c1.